The number of nitrogens with zero attached hydrogens (tertiary/aromatic N) is 4. The summed E-state index contributed by atoms with van der Waals surface area (Å²) in [5, 5.41) is 11.7. The summed E-state index contributed by atoms with van der Waals surface area (Å²) in [6, 6.07) is 5.28. The second kappa shape index (κ2) is 7.43. The fraction of sp³-hybridized carbons (Fsp3) is 0.526. The molecule has 0 saturated heterocycles. The number of carbonyl (C=O) groups excluding carboxylic acids is 1. The molecule has 3 rings (SSSR count). The van der Waals surface area contributed by atoms with Crippen LogP contribution in [0, 0.1) is 17.2 Å². The van der Waals surface area contributed by atoms with Gasteiger partial charge >= 0.3 is 6.18 Å². The molecule has 1 fully saturated rings. The fourth-order valence-corrected chi connectivity index (χ4v) is 3.66. The van der Waals surface area contributed by atoms with Gasteiger partial charge in [-0.25, -0.2) is 4.98 Å². The molecule has 1 aliphatic rings. The maximum Gasteiger partial charge on any atom is 0.404 e. The van der Waals surface area contributed by atoms with Gasteiger partial charge in [0.15, 0.2) is 0 Å². The first-order chi connectivity index (χ1) is 13.1. The monoisotopic (exact) mass is 393 g/mol. The number of hydrogen-bond donors (Lipinski definition) is 1. The van der Waals surface area contributed by atoms with Gasteiger partial charge in [-0.15, -0.1) is 0 Å². The van der Waals surface area contributed by atoms with Gasteiger partial charge in [0, 0.05) is 6.04 Å². The van der Waals surface area contributed by atoms with Crippen LogP contribution < -0.4 is 5.32 Å². The molecule has 6 nitrogen and oxygen atoms in total. The van der Waals surface area contributed by atoms with Gasteiger partial charge in [0.1, 0.15) is 6.04 Å². The average Bonchev–Trinajstić information content (AvgIpc) is 2.88. The number of anilines is 1. The van der Waals surface area contributed by atoms with E-state index in [1.165, 1.54) is 21.0 Å². The van der Waals surface area contributed by atoms with Crippen LogP contribution in [0.5, 0.6) is 0 Å². The highest BCUT2D eigenvalue weighted by Gasteiger charge is 2.47. The molecule has 0 spiro atoms. The number of imidazole rings is 1. The van der Waals surface area contributed by atoms with Crippen LogP contribution >= 0.6 is 0 Å². The van der Waals surface area contributed by atoms with Crippen molar-refractivity contribution in [3.63, 3.8) is 0 Å². The molecule has 1 saturated carbocycles. The first kappa shape index (κ1) is 20.1. The highest BCUT2D eigenvalue weighted by atomic mass is 19.4. The van der Waals surface area contributed by atoms with Crippen LogP contribution in [-0.2, 0) is 4.79 Å². The smallest absolute Gasteiger partial charge is 0.307 e. The Kier molecular flexibility index (Phi) is 5.35. The van der Waals surface area contributed by atoms with Crippen molar-refractivity contribution in [2.45, 2.75) is 44.4 Å². The van der Waals surface area contributed by atoms with Gasteiger partial charge < -0.3 is 4.57 Å². The molecule has 0 aliphatic heterocycles. The third kappa shape index (κ3) is 3.69. The maximum atomic E-state index is 13.4. The van der Waals surface area contributed by atoms with Crippen LogP contribution in [0.25, 0.3) is 11.0 Å². The van der Waals surface area contributed by atoms with E-state index >= 15 is 0 Å². The molecular weight excluding hydrogens is 371 g/mol. The molecule has 0 radical (unpaired) electrons. The van der Waals surface area contributed by atoms with Crippen molar-refractivity contribution in [1.82, 2.24) is 14.5 Å². The van der Waals surface area contributed by atoms with E-state index in [0.29, 0.717) is 16.6 Å². The van der Waals surface area contributed by atoms with E-state index in [0.717, 1.165) is 24.2 Å². The fourth-order valence-electron chi connectivity index (χ4n) is 3.66. The Morgan fingerprint density at radius 2 is 2.07 bits per heavy atom. The molecule has 1 unspecified atom stereocenters. The average molecular weight is 393 g/mol. The quantitative estimate of drug-likeness (QED) is 0.841. The van der Waals surface area contributed by atoms with E-state index in [4.69, 9.17) is 5.26 Å². The maximum absolute atomic E-state index is 13.4. The number of carbonyl (C=O) groups is 1. The largest absolute Gasteiger partial charge is 0.404 e. The van der Waals surface area contributed by atoms with E-state index in [1.54, 1.807) is 18.2 Å². The molecule has 1 amide bonds. The molecule has 9 heteroatoms. The Bertz CT molecular complexity index is 924. The number of nitriles is 1. The van der Waals surface area contributed by atoms with Crippen LogP contribution in [0.2, 0.25) is 0 Å². The van der Waals surface area contributed by atoms with Crippen molar-refractivity contribution >= 4 is 22.9 Å². The highest BCUT2D eigenvalue weighted by Crippen LogP contribution is 2.38. The molecule has 0 bridgehead atoms. The number of alkyl halides is 3. The van der Waals surface area contributed by atoms with Crippen LogP contribution in [0.4, 0.5) is 19.1 Å². The molecule has 1 aromatic heterocycles. The topological polar surface area (TPSA) is 74.0 Å². The molecule has 2 atom stereocenters. The number of aromatic nitrogens is 2. The third-order valence-electron chi connectivity index (χ3n) is 5.27. The summed E-state index contributed by atoms with van der Waals surface area (Å²) in [6.45, 7) is 1.26. The number of fused-ring (bicyclic) bond motifs is 1. The predicted molar refractivity (Wildman–Crippen MR) is 98.7 cm³/mol. The van der Waals surface area contributed by atoms with Crippen molar-refractivity contribution < 1.29 is 18.0 Å². The van der Waals surface area contributed by atoms with E-state index in [1.807, 2.05) is 4.57 Å². The molecule has 1 aromatic carbocycles. The van der Waals surface area contributed by atoms with Gasteiger partial charge in [0.25, 0.3) is 0 Å². The molecule has 1 N–H and O–H groups in total. The number of benzene rings is 1. The summed E-state index contributed by atoms with van der Waals surface area (Å²) in [5.74, 6) is -1.84. The van der Waals surface area contributed by atoms with Crippen molar-refractivity contribution in [1.29, 1.82) is 5.26 Å². The standard InChI is InChI=1S/C19H22F3N5O/c1-11(16(26(2)3)19(20,21)22)17(28)25-18-24-14-8-7-12(10-23)9-15(14)27(18)13-5-4-6-13/h7-9,11,13,16H,4-6H2,1-3H3,(H,24,25,28)/t11-,16?/m0/s1. The van der Waals surface area contributed by atoms with Crippen LogP contribution in [0.3, 0.4) is 0 Å². The summed E-state index contributed by atoms with van der Waals surface area (Å²) < 4.78 is 41.9. The second-order valence-electron chi connectivity index (χ2n) is 7.43. The zero-order chi connectivity index (χ0) is 20.6. The normalized spacial score (nSPS) is 17.2. The summed E-state index contributed by atoms with van der Waals surface area (Å²) in [6.07, 6.45) is -1.72. The SMILES string of the molecule is C[C@H](C(=O)Nc1nc2ccc(C#N)cc2n1C1CCC1)C(N(C)C)C(F)(F)F. The molecule has 28 heavy (non-hydrogen) atoms. The van der Waals surface area contributed by atoms with E-state index in [2.05, 4.69) is 16.4 Å². The van der Waals surface area contributed by atoms with Crippen LogP contribution in [-0.4, -0.2) is 46.7 Å². The lowest BCUT2D eigenvalue weighted by molar-refractivity contribution is -0.190. The number of nitrogens with one attached hydrogen (secondary N) is 1. The van der Waals surface area contributed by atoms with Crippen molar-refractivity contribution in [2.24, 2.45) is 5.92 Å². The summed E-state index contributed by atoms with van der Waals surface area (Å²) >= 11 is 0. The van der Waals surface area contributed by atoms with Crippen molar-refractivity contribution in [3.8, 4) is 6.07 Å². The Labute approximate surface area is 160 Å². The zero-order valence-corrected chi connectivity index (χ0v) is 15.9. The number of halogens is 3. The summed E-state index contributed by atoms with van der Waals surface area (Å²) in [4.78, 5) is 18.0. The first-order valence-electron chi connectivity index (χ1n) is 9.09. The first-order valence-corrected chi connectivity index (χ1v) is 9.09. The lowest BCUT2D eigenvalue weighted by Gasteiger charge is -2.32. The molecular formula is C19H22F3N5O. The lowest BCUT2D eigenvalue weighted by Crippen LogP contribution is -2.49. The van der Waals surface area contributed by atoms with Gasteiger partial charge in [-0.05, 0) is 51.6 Å². The van der Waals surface area contributed by atoms with E-state index in [-0.39, 0.29) is 12.0 Å². The lowest BCUT2D eigenvalue weighted by atomic mass is 9.92. The second-order valence-corrected chi connectivity index (χ2v) is 7.43. The molecule has 1 heterocycles. The van der Waals surface area contributed by atoms with Crippen molar-refractivity contribution in [3.05, 3.63) is 23.8 Å². The Balaban J connectivity index is 1.95. The minimum Gasteiger partial charge on any atom is -0.307 e. The highest BCUT2D eigenvalue weighted by molar-refractivity contribution is 5.93. The Morgan fingerprint density at radius 3 is 2.57 bits per heavy atom. The number of amides is 1. The molecule has 1 aliphatic carbocycles. The van der Waals surface area contributed by atoms with Gasteiger partial charge in [-0.1, -0.05) is 6.92 Å². The minimum absolute atomic E-state index is 0.108. The summed E-state index contributed by atoms with van der Waals surface area (Å²) in [5.41, 5.74) is 1.75. The Morgan fingerprint density at radius 1 is 1.39 bits per heavy atom. The number of rotatable bonds is 5. The number of hydrogen-bond acceptors (Lipinski definition) is 4. The third-order valence-corrected chi connectivity index (χ3v) is 5.27. The van der Waals surface area contributed by atoms with Gasteiger partial charge in [-0.2, -0.15) is 18.4 Å². The van der Waals surface area contributed by atoms with Crippen LogP contribution in [0.15, 0.2) is 18.2 Å². The van der Waals surface area contributed by atoms with E-state index in [9.17, 15) is 18.0 Å². The van der Waals surface area contributed by atoms with Crippen molar-refractivity contribution in [2.75, 3.05) is 19.4 Å². The zero-order valence-electron chi connectivity index (χ0n) is 15.9. The summed E-state index contributed by atoms with van der Waals surface area (Å²) in [7, 11) is 2.60. The van der Waals surface area contributed by atoms with Gasteiger partial charge in [0.2, 0.25) is 11.9 Å². The Hall–Kier alpha value is -2.60. The van der Waals surface area contributed by atoms with Gasteiger partial charge in [-0.3, -0.25) is 15.0 Å². The van der Waals surface area contributed by atoms with Gasteiger partial charge in [0.05, 0.1) is 28.6 Å². The van der Waals surface area contributed by atoms with Crippen LogP contribution in [0.1, 0.15) is 37.8 Å². The molecule has 150 valence electrons. The minimum atomic E-state index is -4.53. The molecule has 2 aromatic rings. The predicted octanol–water partition coefficient (Wildman–Crippen LogP) is 3.70. The van der Waals surface area contributed by atoms with E-state index < -0.39 is 24.0 Å².